The molecule has 0 bridgehead atoms. The van der Waals surface area contributed by atoms with Gasteiger partial charge in [0.1, 0.15) is 0 Å². The van der Waals surface area contributed by atoms with Crippen molar-refractivity contribution in [2.45, 2.75) is 11.7 Å². The van der Waals surface area contributed by atoms with Crippen molar-refractivity contribution in [2.75, 3.05) is 0 Å². The maximum Gasteiger partial charge on any atom is 0.264 e. The molecule has 0 aliphatic carbocycles. The summed E-state index contributed by atoms with van der Waals surface area (Å²) in [6, 6.07) is 12.2. The Labute approximate surface area is 132 Å². The summed E-state index contributed by atoms with van der Waals surface area (Å²) in [5.41, 5.74) is 0.159. The lowest BCUT2D eigenvalue weighted by Crippen LogP contribution is -2.08. The summed E-state index contributed by atoms with van der Waals surface area (Å²) >= 11 is 11.8. The Morgan fingerprint density at radius 1 is 0.810 bits per heavy atom. The second-order valence-corrected chi connectivity index (χ2v) is 7.60. The summed E-state index contributed by atoms with van der Waals surface area (Å²) in [7, 11) is -4.43. The molecule has 0 heterocycles. The number of benzene rings is 2. The first kappa shape index (κ1) is 16.5. The van der Waals surface area contributed by atoms with E-state index in [1.807, 2.05) is 0 Å². The second kappa shape index (κ2) is 6.49. The van der Waals surface area contributed by atoms with E-state index in [1.165, 1.54) is 24.3 Å². The zero-order valence-electron chi connectivity index (χ0n) is 10.7. The Hall–Kier alpha value is -0.870. The largest absolute Gasteiger partial charge is 0.378 e. The molecule has 21 heavy (non-hydrogen) atoms. The molecule has 0 aliphatic rings. The maximum absolute atomic E-state index is 12.5. The summed E-state index contributed by atoms with van der Waals surface area (Å²) in [6.45, 7) is 0. The predicted octanol–water partition coefficient (Wildman–Crippen LogP) is 3.95. The summed E-state index contributed by atoms with van der Waals surface area (Å²) in [6.07, 6.45) is 0. The second-order valence-electron chi connectivity index (χ2n) is 4.46. The van der Waals surface area contributed by atoms with Crippen molar-refractivity contribution in [3.8, 4) is 0 Å². The van der Waals surface area contributed by atoms with Crippen molar-refractivity contribution in [3.63, 3.8) is 0 Å². The number of rotatable bonds is 4. The van der Waals surface area contributed by atoms with Gasteiger partial charge in [-0.05, 0) is 12.1 Å². The first-order valence-electron chi connectivity index (χ1n) is 6.03. The van der Waals surface area contributed by atoms with Crippen molar-refractivity contribution >= 4 is 30.6 Å². The van der Waals surface area contributed by atoms with Crippen LogP contribution in [0.3, 0.4) is 0 Å². The van der Waals surface area contributed by atoms with Crippen molar-refractivity contribution < 1.29 is 19.7 Å². The van der Waals surface area contributed by atoms with E-state index in [-0.39, 0.29) is 21.2 Å². The number of aliphatic hydroxyl groups is 2. The average molecular weight is 347 g/mol. The van der Waals surface area contributed by atoms with Gasteiger partial charge >= 0.3 is 0 Å². The molecule has 112 valence electrons. The molecule has 2 atom stereocenters. The van der Waals surface area contributed by atoms with Crippen LogP contribution in [0, 0.1) is 0 Å². The van der Waals surface area contributed by atoms with Crippen LogP contribution in [0.2, 0.25) is 10.0 Å². The van der Waals surface area contributed by atoms with E-state index in [0.717, 1.165) is 0 Å². The quantitative estimate of drug-likeness (QED) is 0.732. The molecule has 0 amide bonds. The van der Waals surface area contributed by atoms with Crippen LogP contribution in [-0.2, 0) is 4.57 Å². The molecule has 0 saturated carbocycles. The third-order valence-electron chi connectivity index (χ3n) is 3.07. The first-order chi connectivity index (χ1) is 9.85. The van der Waals surface area contributed by atoms with Crippen LogP contribution in [-0.4, -0.2) is 15.1 Å². The van der Waals surface area contributed by atoms with Gasteiger partial charge in [-0.25, -0.2) is 0 Å². The Bertz CT molecular complexity index is 637. The molecule has 2 aromatic rings. The number of aliphatic hydroxyl groups excluding tert-OH is 2. The Morgan fingerprint density at radius 2 is 1.14 bits per heavy atom. The van der Waals surface area contributed by atoms with Gasteiger partial charge in [0.05, 0.1) is 0 Å². The van der Waals surface area contributed by atoms with E-state index < -0.39 is 19.1 Å². The molecular formula is C14H13Cl2O4P. The highest BCUT2D eigenvalue weighted by atomic mass is 35.5. The van der Waals surface area contributed by atoms with E-state index in [0.29, 0.717) is 0 Å². The molecule has 4 nitrogen and oxygen atoms in total. The van der Waals surface area contributed by atoms with Gasteiger partial charge in [-0.2, -0.15) is 0 Å². The molecule has 0 radical (unpaired) electrons. The minimum atomic E-state index is -4.43. The summed E-state index contributed by atoms with van der Waals surface area (Å²) < 4.78 is 12.5. The van der Waals surface area contributed by atoms with Gasteiger partial charge < -0.3 is 15.1 Å². The van der Waals surface area contributed by atoms with E-state index in [4.69, 9.17) is 23.2 Å². The SMILES string of the molecule is O=P(O)(C(O)c1ccccc1Cl)C(O)c1ccccc1Cl. The summed E-state index contributed by atoms with van der Waals surface area (Å²) in [5.74, 6) is -3.62. The zero-order valence-corrected chi connectivity index (χ0v) is 13.1. The molecule has 0 saturated heterocycles. The normalized spacial score (nSPS) is 17.0. The van der Waals surface area contributed by atoms with Crippen molar-refractivity contribution in [2.24, 2.45) is 0 Å². The summed E-state index contributed by atoms with van der Waals surface area (Å²) in [4.78, 5) is 10.1. The van der Waals surface area contributed by atoms with Gasteiger partial charge in [0, 0.05) is 21.2 Å². The standard InChI is InChI=1S/C14H13Cl2O4P/c15-11-7-3-1-5-9(11)13(17)21(19,20)14(18)10-6-2-4-8-12(10)16/h1-8,13-14,17-18H,(H,19,20). The maximum atomic E-state index is 12.5. The lowest BCUT2D eigenvalue weighted by atomic mass is 10.2. The van der Waals surface area contributed by atoms with Crippen molar-refractivity contribution in [3.05, 3.63) is 69.7 Å². The number of hydrogen-bond donors (Lipinski definition) is 3. The van der Waals surface area contributed by atoms with E-state index in [9.17, 15) is 19.7 Å². The average Bonchev–Trinajstić information content (AvgIpc) is 2.47. The van der Waals surface area contributed by atoms with Crippen LogP contribution in [0.1, 0.15) is 22.8 Å². The number of halogens is 2. The topological polar surface area (TPSA) is 77.8 Å². The monoisotopic (exact) mass is 346 g/mol. The van der Waals surface area contributed by atoms with Crippen LogP contribution in [0.4, 0.5) is 0 Å². The van der Waals surface area contributed by atoms with E-state index >= 15 is 0 Å². The van der Waals surface area contributed by atoms with Gasteiger partial charge in [-0.3, -0.25) is 4.57 Å². The molecule has 2 unspecified atom stereocenters. The van der Waals surface area contributed by atoms with Crippen LogP contribution < -0.4 is 0 Å². The molecular weight excluding hydrogens is 334 g/mol. The highest BCUT2D eigenvalue weighted by Gasteiger charge is 2.40. The molecule has 3 N–H and O–H groups in total. The fraction of sp³-hybridized carbons (Fsp3) is 0.143. The minimum absolute atomic E-state index is 0.0797. The summed E-state index contributed by atoms with van der Waals surface area (Å²) in [5, 5.41) is 20.6. The smallest absolute Gasteiger partial charge is 0.264 e. The highest BCUT2D eigenvalue weighted by molar-refractivity contribution is 7.58. The minimum Gasteiger partial charge on any atom is -0.378 e. The third-order valence-corrected chi connectivity index (χ3v) is 5.71. The Balaban J connectivity index is 2.40. The highest BCUT2D eigenvalue weighted by Crippen LogP contribution is 2.64. The van der Waals surface area contributed by atoms with Crippen molar-refractivity contribution in [1.82, 2.24) is 0 Å². The van der Waals surface area contributed by atoms with Gasteiger partial charge in [-0.15, -0.1) is 0 Å². The molecule has 0 aromatic heterocycles. The lowest BCUT2D eigenvalue weighted by molar-refractivity contribution is 0.186. The Morgan fingerprint density at radius 3 is 1.48 bits per heavy atom. The molecule has 2 aromatic carbocycles. The number of hydrogen-bond acceptors (Lipinski definition) is 3. The third kappa shape index (κ3) is 3.32. The van der Waals surface area contributed by atoms with Crippen LogP contribution in [0.5, 0.6) is 0 Å². The molecule has 0 aliphatic heterocycles. The van der Waals surface area contributed by atoms with E-state index in [2.05, 4.69) is 0 Å². The van der Waals surface area contributed by atoms with Crippen LogP contribution >= 0.6 is 30.6 Å². The predicted molar refractivity (Wildman–Crippen MR) is 82.6 cm³/mol. The van der Waals surface area contributed by atoms with Crippen LogP contribution in [0.15, 0.2) is 48.5 Å². The lowest BCUT2D eigenvalue weighted by Gasteiger charge is -2.24. The van der Waals surface area contributed by atoms with Gasteiger partial charge in [0.2, 0.25) is 0 Å². The first-order valence-corrected chi connectivity index (χ1v) is 8.58. The van der Waals surface area contributed by atoms with Gasteiger partial charge in [-0.1, -0.05) is 59.6 Å². The van der Waals surface area contributed by atoms with Gasteiger partial charge in [0.15, 0.2) is 11.7 Å². The fourth-order valence-electron chi connectivity index (χ4n) is 1.90. The van der Waals surface area contributed by atoms with E-state index in [1.54, 1.807) is 24.3 Å². The Kier molecular flexibility index (Phi) is 5.10. The molecule has 0 fully saturated rings. The van der Waals surface area contributed by atoms with Crippen LogP contribution in [0.25, 0.3) is 0 Å². The van der Waals surface area contributed by atoms with Gasteiger partial charge in [0.25, 0.3) is 7.37 Å². The molecule has 2 rings (SSSR count). The fourth-order valence-corrected chi connectivity index (χ4v) is 4.05. The zero-order chi connectivity index (χ0) is 15.6. The van der Waals surface area contributed by atoms with Crippen molar-refractivity contribution in [1.29, 1.82) is 0 Å². The molecule has 7 heteroatoms. The molecule has 0 spiro atoms.